The van der Waals surface area contributed by atoms with Gasteiger partial charge in [-0.05, 0) is 33.6 Å². The second-order valence-electron chi connectivity index (χ2n) is 5.56. The summed E-state index contributed by atoms with van der Waals surface area (Å²) in [6.45, 7) is 7.08. The SMILES string of the molecule is CCNC(=NCCCc1nc(C)no1)NC(C)CCS(C)(=O)=O. The fraction of sp³-hybridized carbons (Fsp3) is 0.786. The molecule has 1 rings (SSSR count). The molecule has 0 saturated carbocycles. The minimum atomic E-state index is -2.94. The molecule has 0 aliphatic heterocycles. The van der Waals surface area contributed by atoms with Gasteiger partial charge < -0.3 is 15.2 Å². The van der Waals surface area contributed by atoms with Crippen LogP contribution >= 0.6 is 0 Å². The lowest BCUT2D eigenvalue weighted by atomic mass is 10.3. The maximum atomic E-state index is 11.2. The molecular weight excluding hydrogens is 318 g/mol. The normalized spacial score (nSPS) is 13.8. The molecule has 8 nitrogen and oxygen atoms in total. The van der Waals surface area contributed by atoms with Gasteiger partial charge in [-0.25, -0.2) is 8.42 Å². The highest BCUT2D eigenvalue weighted by molar-refractivity contribution is 7.90. The number of guanidine groups is 1. The third-order valence-electron chi connectivity index (χ3n) is 3.04. The van der Waals surface area contributed by atoms with Gasteiger partial charge in [0, 0.05) is 31.8 Å². The number of sulfone groups is 1. The molecular formula is C14H27N5O3S. The second kappa shape index (κ2) is 9.49. The van der Waals surface area contributed by atoms with Crippen molar-refractivity contribution in [1.29, 1.82) is 0 Å². The smallest absolute Gasteiger partial charge is 0.226 e. The van der Waals surface area contributed by atoms with E-state index in [1.165, 1.54) is 6.26 Å². The van der Waals surface area contributed by atoms with Crippen LogP contribution in [0.5, 0.6) is 0 Å². The molecule has 1 heterocycles. The number of rotatable bonds is 9. The predicted octanol–water partition coefficient (Wildman–Crippen LogP) is 0.689. The van der Waals surface area contributed by atoms with Crippen molar-refractivity contribution >= 4 is 15.8 Å². The highest BCUT2D eigenvalue weighted by Gasteiger charge is 2.09. The number of nitrogens with one attached hydrogen (secondary N) is 2. The zero-order valence-electron chi connectivity index (χ0n) is 14.3. The quantitative estimate of drug-likeness (QED) is 0.385. The molecule has 1 atom stereocenters. The number of aliphatic imine (C=N–C) groups is 1. The van der Waals surface area contributed by atoms with Gasteiger partial charge in [0.05, 0.1) is 5.75 Å². The minimum absolute atomic E-state index is 0.0288. The lowest BCUT2D eigenvalue weighted by molar-refractivity contribution is 0.372. The standard InChI is InChI=1S/C14H27N5O3S/c1-5-15-14(17-11(2)8-10-23(4,20)21)16-9-6-7-13-18-12(3)19-22-13/h11H,5-10H2,1-4H3,(H2,15,16,17). The Kier molecular flexibility index (Phi) is 8.01. The van der Waals surface area contributed by atoms with Crippen molar-refractivity contribution in [2.24, 2.45) is 4.99 Å². The maximum Gasteiger partial charge on any atom is 0.226 e. The van der Waals surface area contributed by atoms with Gasteiger partial charge in [0.15, 0.2) is 11.8 Å². The van der Waals surface area contributed by atoms with Gasteiger partial charge in [0.1, 0.15) is 9.84 Å². The monoisotopic (exact) mass is 345 g/mol. The van der Waals surface area contributed by atoms with E-state index in [0.29, 0.717) is 37.1 Å². The zero-order valence-corrected chi connectivity index (χ0v) is 15.1. The van der Waals surface area contributed by atoms with E-state index in [1.54, 1.807) is 6.92 Å². The number of hydrogen-bond donors (Lipinski definition) is 2. The molecule has 0 aliphatic carbocycles. The van der Waals surface area contributed by atoms with Gasteiger partial charge in [-0.2, -0.15) is 4.98 Å². The first-order valence-electron chi connectivity index (χ1n) is 7.82. The largest absolute Gasteiger partial charge is 0.357 e. The van der Waals surface area contributed by atoms with Crippen LogP contribution in [-0.4, -0.2) is 55.7 Å². The molecule has 0 radical (unpaired) electrons. The number of nitrogens with zero attached hydrogens (tertiary/aromatic N) is 3. The Labute approximate surface area is 138 Å². The first kappa shape index (κ1) is 19.4. The summed E-state index contributed by atoms with van der Waals surface area (Å²) in [5.74, 6) is 2.11. The van der Waals surface area contributed by atoms with Gasteiger partial charge in [0.25, 0.3) is 0 Å². The lowest BCUT2D eigenvalue weighted by Gasteiger charge is -2.17. The van der Waals surface area contributed by atoms with Crippen molar-refractivity contribution in [3.8, 4) is 0 Å². The van der Waals surface area contributed by atoms with E-state index in [9.17, 15) is 8.42 Å². The van der Waals surface area contributed by atoms with E-state index in [2.05, 4.69) is 25.8 Å². The van der Waals surface area contributed by atoms with Crippen molar-refractivity contribution in [3.05, 3.63) is 11.7 Å². The lowest BCUT2D eigenvalue weighted by Crippen LogP contribution is -2.42. The Morgan fingerprint density at radius 3 is 2.74 bits per heavy atom. The van der Waals surface area contributed by atoms with Crippen LogP contribution < -0.4 is 10.6 Å². The average Bonchev–Trinajstić information content (AvgIpc) is 2.86. The molecule has 23 heavy (non-hydrogen) atoms. The molecule has 1 aromatic heterocycles. The first-order chi connectivity index (χ1) is 10.8. The van der Waals surface area contributed by atoms with Gasteiger partial charge in [-0.1, -0.05) is 5.16 Å². The van der Waals surface area contributed by atoms with E-state index in [1.807, 2.05) is 13.8 Å². The summed E-state index contributed by atoms with van der Waals surface area (Å²) in [6, 6.07) is 0.0288. The van der Waals surface area contributed by atoms with Crippen LogP contribution in [0, 0.1) is 6.92 Å². The summed E-state index contributed by atoms with van der Waals surface area (Å²) in [5, 5.41) is 10.1. The molecule has 132 valence electrons. The summed E-state index contributed by atoms with van der Waals surface area (Å²) < 4.78 is 27.5. The molecule has 0 spiro atoms. The molecule has 0 saturated heterocycles. The molecule has 9 heteroatoms. The van der Waals surface area contributed by atoms with Crippen LogP contribution in [0.15, 0.2) is 9.52 Å². The van der Waals surface area contributed by atoms with Crippen LogP contribution in [0.25, 0.3) is 0 Å². The summed E-state index contributed by atoms with van der Waals surface area (Å²) in [7, 11) is -2.94. The third-order valence-corrected chi connectivity index (χ3v) is 4.01. The topological polar surface area (TPSA) is 109 Å². The second-order valence-corrected chi connectivity index (χ2v) is 7.82. The number of aromatic nitrogens is 2. The molecule has 0 bridgehead atoms. The van der Waals surface area contributed by atoms with E-state index >= 15 is 0 Å². The summed E-state index contributed by atoms with van der Waals surface area (Å²) in [5.41, 5.74) is 0. The average molecular weight is 345 g/mol. The number of hydrogen-bond acceptors (Lipinski definition) is 6. The highest BCUT2D eigenvalue weighted by atomic mass is 32.2. The Morgan fingerprint density at radius 1 is 1.43 bits per heavy atom. The molecule has 0 aromatic carbocycles. The third kappa shape index (κ3) is 9.17. The molecule has 1 unspecified atom stereocenters. The molecule has 2 N–H and O–H groups in total. The van der Waals surface area contributed by atoms with Crippen LogP contribution in [0.1, 0.15) is 38.4 Å². The first-order valence-corrected chi connectivity index (χ1v) is 9.88. The summed E-state index contributed by atoms with van der Waals surface area (Å²) in [6.07, 6.45) is 3.28. The predicted molar refractivity (Wildman–Crippen MR) is 90.3 cm³/mol. The van der Waals surface area contributed by atoms with Gasteiger partial charge in [0.2, 0.25) is 5.89 Å². The van der Waals surface area contributed by atoms with Crippen molar-refractivity contribution < 1.29 is 12.9 Å². The van der Waals surface area contributed by atoms with Crippen molar-refractivity contribution in [2.75, 3.05) is 25.1 Å². The van der Waals surface area contributed by atoms with E-state index in [0.717, 1.165) is 13.0 Å². The van der Waals surface area contributed by atoms with Crippen molar-refractivity contribution in [1.82, 2.24) is 20.8 Å². The summed E-state index contributed by atoms with van der Waals surface area (Å²) >= 11 is 0. The Hall–Kier alpha value is -1.64. The highest BCUT2D eigenvalue weighted by Crippen LogP contribution is 2.00. The van der Waals surface area contributed by atoms with Crippen molar-refractivity contribution in [2.45, 2.75) is 46.1 Å². The van der Waals surface area contributed by atoms with Crippen molar-refractivity contribution in [3.63, 3.8) is 0 Å². The molecule has 0 fully saturated rings. The van der Waals surface area contributed by atoms with Crippen LogP contribution in [0.2, 0.25) is 0 Å². The van der Waals surface area contributed by atoms with E-state index < -0.39 is 9.84 Å². The fourth-order valence-corrected chi connectivity index (χ4v) is 2.66. The Bertz CT molecular complexity index is 597. The Balaban J connectivity index is 2.39. The molecule has 1 aromatic rings. The van der Waals surface area contributed by atoms with Crippen LogP contribution in [0.3, 0.4) is 0 Å². The van der Waals surface area contributed by atoms with E-state index in [-0.39, 0.29) is 11.8 Å². The molecule has 0 aliphatic rings. The summed E-state index contributed by atoms with van der Waals surface area (Å²) in [4.78, 5) is 8.62. The maximum absolute atomic E-state index is 11.2. The molecule has 0 amide bonds. The Morgan fingerprint density at radius 2 is 2.17 bits per heavy atom. The van der Waals surface area contributed by atoms with Crippen LogP contribution in [-0.2, 0) is 16.3 Å². The van der Waals surface area contributed by atoms with E-state index in [4.69, 9.17) is 4.52 Å². The van der Waals surface area contributed by atoms with Gasteiger partial charge in [-0.3, -0.25) is 4.99 Å². The fourth-order valence-electron chi connectivity index (χ4n) is 1.88. The number of aryl methyl sites for hydroxylation is 2. The van der Waals surface area contributed by atoms with Gasteiger partial charge in [-0.15, -0.1) is 0 Å². The minimum Gasteiger partial charge on any atom is -0.357 e. The zero-order chi connectivity index (χ0) is 17.3. The van der Waals surface area contributed by atoms with Gasteiger partial charge >= 0.3 is 0 Å². The van der Waals surface area contributed by atoms with Crippen LogP contribution in [0.4, 0.5) is 0 Å².